The van der Waals surface area contributed by atoms with Crippen LogP contribution < -0.4 is 4.74 Å². The van der Waals surface area contributed by atoms with Gasteiger partial charge < -0.3 is 9.64 Å². The number of carbonyl (C=O) groups is 1. The number of likely N-dealkylation sites (tertiary alicyclic amines) is 2. The summed E-state index contributed by atoms with van der Waals surface area (Å²) in [6.45, 7) is 4.56. The SMILES string of the molecule is O=C(C[C@H]1CC2(CCN(Cc3ccc(F)cc3)CC2)Oc2ccccc21)N1CCCC1. The van der Waals surface area contributed by atoms with Gasteiger partial charge in [-0.3, -0.25) is 9.69 Å². The zero-order chi connectivity index (χ0) is 21.3. The van der Waals surface area contributed by atoms with Gasteiger partial charge in [0.15, 0.2) is 0 Å². The van der Waals surface area contributed by atoms with Gasteiger partial charge in [0, 0.05) is 45.1 Å². The van der Waals surface area contributed by atoms with Crippen molar-refractivity contribution in [3.63, 3.8) is 0 Å². The van der Waals surface area contributed by atoms with Gasteiger partial charge in [0.05, 0.1) is 0 Å². The lowest BCUT2D eigenvalue weighted by atomic mass is 9.76. The number of halogens is 1. The Labute approximate surface area is 184 Å². The number of rotatable bonds is 4. The molecule has 0 N–H and O–H groups in total. The molecule has 0 aliphatic carbocycles. The number of nitrogens with zero attached hydrogens (tertiary/aromatic N) is 2. The highest BCUT2D eigenvalue weighted by Gasteiger charge is 2.43. The third kappa shape index (κ3) is 4.47. The molecule has 3 aliphatic rings. The molecule has 2 aromatic carbocycles. The summed E-state index contributed by atoms with van der Waals surface area (Å²) in [5, 5.41) is 0. The lowest BCUT2D eigenvalue weighted by Gasteiger charge is -2.47. The van der Waals surface area contributed by atoms with Crippen LogP contribution in [0.5, 0.6) is 5.75 Å². The largest absolute Gasteiger partial charge is 0.487 e. The number of hydrogen-bond donors (Lipinski definition) is 0. The summed E-state index contributed by atoms with van der Waals surface area (Å²) >= 11 is 0. The number of carbonyl (C=O) groups excluding carboxylic acids is 1. The summed E-state index contributed by atoms with van der Waals surface area (Å²) in [5.41, 5.74) is 2.14. The molecule has 5 rings (SSSR count). The van der Waals surface area contributed by atoms with Crippen LogP contribution in [0.3, 0.4) is 0 Å². The molecule has 31 heavy (non-hydrogen) atoms. The Kier molecular flexibility index (Phi) is 5.70. The first-order chi connectivity index (χ1) is 15.1. The minimum absolute atomic E-state index is 0.190. The maximum Gasteiger partial charge on any atom is 0.223 e. The van der Waals surface area contributed by atoms with Gasteiger partial charge in [0.25, 0.3) is 0 Å². The minimum Gasteiger partial charge on any atom is -0.487 e. The van der Waals surface area contributed by atoms with E-state index in [-0.39, 0.29) is 17.3 Å². The van der Waals surface area contributed by atoms with Gasteiger partial charge in [-0.1, -0.05) is 30.3 Å². The molecule has 0 saturated carbocycles. The number of benzene rings is 2. The van der Waals surface area contributed by atoms with Crippen LogP contribution in [-0.4, -0.2) is 47.5 Å². The van der Waals surface area contributed by atoms with Gasteiger partial charge in [-0.05, 0) is 61.4 Å². The molecular formula is C26H31FN2O2. The van der Waals surface area contributed by atoms with Crippen molar-refractivity contribution < 1.29 is 13.9 Å². The molecule has 3 heterocycles. The molecule has 1 atom stereocenters. The molecular weight excluding hydrogens is 391 g/mol. The fourth-order valence-electron chi connectivity index (χ4n) is 5.51. The van der Waals surface area contributed by atoms with E-state index in [4.69, 9.17) is 4.74 Å². The zero-order valence-corrected chi connectivity index (χ0v) is 18.1. The molecule has 0 radical (unpaired) electrons. The van der Waals surface area contributed by atoms with Crippen LogP contribution in [0.15, 0.2) is 48.5 Å². The Morgan fingerprint density at radius 1 is 1.00 bits per heavy atom. The summed E-state index contributed by atoms with van der Waals surface area (Å²) in [4.78, 5) is 17.4. The highest BCUT2D eigenvalue weighted by atomic mass is 19.1. The van der Waals surface area contributed by atoms with E-state index in [0.29, 0.717) is 12.3 Å². The number of hydrogen-bond acceptors (Lipinski definition) is 3. The molecule has 3 aliphatic heterocycles. The second kappa shape index (κ2) is 8.62. The van der Waals surface area contributed by atoms with Crippen molar-refractivity contribution in [2.24, 2.45) is 0 Å². The van der Waals surface area contributed by atoms with Crippen molar-refractivity contribution in [1.82, 2.24) is 9.80 Å². The normalized spacial score (nSPS) is 22.9. The molecule has 5 heteroatoms. The number of fused-ring (bicyclic) bond motifs is 1. The number of amides is 1. The lowest BCUT2D eigenvalue weighted by molar-refractivity contribution is -0.131. The van der Waals surface area contributed by atoms with Gasteiger partial charge in [-0.15, -0.1) is 0 Å². The second-order valence-electron chi connectivity index (χ2n) is 9.42. The predicted molar refractivity (Wildman–Crippen MR) is 119 cm³/mol. The van der Waals surface area contributed by atoms with E-state index >= 15 is 0 Å². The van der Waals surface area contributed by atoms with Crippen LogP contribution in [0.1, 0.15) is 55.6 Å². The van der Waals surface area contributed by atoms with Crippen molar-refractivity contribution in [1.29, 1.82) is 0 Å². The Hall–Kier alpha value is -2.40. The first-order valence-electron chi connectivity index (χ1n) is 11.6. The molecule has 0 bridgehead atoms. The summed E-state index contributed by atoms with van der Waals surface area (Å²) in [7, 11) is 0. The molecule has 4 nitrogen and oxygen atoms in total. The van der Waals surface area contributed by atoms with Crippen LogP contribution in [-0.2, 0) is 11.3 Å². The Balaban J connectivity index is 1.27. The summed E-state index contributed by atoms with van der Waals surface area (Å²) < 4.78 is 19.8. The quantitative estimate of drug-likeness (QED) is 0.714. The highest BCUT2D eigenvalue weighted by molar-refractivity contribution is 5.77. The number of piperidine rings is 1. The van der Waals surface area contributed by atoms with Crippen molar-refractivity contribution in [2.75, 3.05) is 26.2 Å². The fourth-order valence-corrected chi connectivity index (χ4v) is 5.51. The summed E-state index contributed by atoms with van der Waals surface area (Å²) in [5.74, 6) is 1.29. The van der Waals surface area contributed by atoms with E-state index in [9.17, 15) is 9.18 Å². The maximum absolute atomic E-state index is 13.2. The van der Waals surface area contributed by atoms with Crippen LogP contribution in [0.4, 0.5) is 4.39 Å². The van der Waals surface area contributed by atoms with Crippen molar-refractivity contribution in [3.05, 3.63) is 65.5 Å². The monoisotopic (exact) mass is 422 g/mol. The molecule has 0 aromatic heterocycles. The standard InChI is InChI=1S/C26H31FN2O2/c27-22-9-7-20(8-10-22)19-28-15-11-26(12-16-28)18-21(17-25(30)29-13-3-4-14-29)23-5-1-2-6-24(23)31-26/h1-2,5-10,21H,3-4,11-19H2/t21-/m0/s1. The van der Waals surface area contributed by atoms with Crippen LogP contribution >= 0.6 is 0 Å². The van der Waals surface area contributed by atoms with E-state index in [1.807, 2.05) is 23.1 Å². The molecule has 164 valence electrons. The Morgan fingerprint density at radius 2 is 1.71 bits per heavy atom. The molecule has 2 fully saturated rings. The van der Waals surface area contributed by atoms with Crippen LogP contribution in [0.25, 0.3) is 0 Å². The Bertz CT molecular complexity index is 915. The minimum atomic E-state index is -0.191. The highest BCUT2D eigenvalue weighted by Crippen LogP contribution is 2.46. The topological polar surface area (TPSA) is 32.8 Å². The first kappa shape index (κ1) is 20.5. The van der Waals surface area contributed by atoms with E-state index < -0.39 is 0 Å². The fraction of sp³-hybridized carbons (Fsp3) is 0.500. The van der Waals surface area contributed by atoms with E-state index in [1.54, 1.807) is 0 Å². The zero-order valence-electron chi connectivity index (χ0n) is 18.1. The summed E-state index contributed by atoms with van der Waals surface area (Å²) in [6, 6.07) is 15.1. The third-order valence-corrected chi connectivity index (χ3v) is 7.27. The van der Waals surface area contributed by atoms with Gasteiger partial charge in [0.2, 0.25) is 5.91 Å². The van der Waals surface area contributed by atoms with Gasteiger partial charge >= 0.3 is 0 Å². The molecule has 2 saturated heterocycles. The smallest absolute Gasteiger partial charge is 0.223 e. The van der Waals surface area contributed by atoms with Gasteiger partial charge in [0.1, 0.15) is 17.2 Å². The number of para-hydroxylation sites is 1. The average molecular weight is 423 g/mol. The van der Waals surface area contributed by atoms with Crippen molar-refractivity contribution in [3.8, 4) is 5.75 Å². The second-order valence-corrected chi connectivity index (χ2v) is 9.42. The van der Waals surface area contributed by atoms with Gasteiger partial charge in [-0.25, -0.2) is 4.39 Å². The lowest BCUT2D eigenvalue weighted by Crippen LogP contribution is -2.50. The molecule has 0 unspecified atom stereocenters. The average Bonchev–Trinajstić information content (AvgIpc) is 3.32. The first-order valence-corrected chi connectivity index (χ1v) is 11.6. The molecule has 2 aromatic rings. The van der Waals surface area contributed by atoms with E-state index in [0.717, 1.165) is 76.1 Å². The van der Waals surface area contributed by atoms with E-state index in [1.165, 1.54) is 17.7 Å². The van der Waals surface area contributed by atoms with E-state index in [2.05, 4.69) is 23.1 Å². The third-order valence-electron chi connectivity index (χ3n) is 7.27. The van der Waals surface area contributed by atoms with Gasteiger partial charge in [-0.2, -0.15) is 0 Å². The Morgan fingerprint density at radius 3 is 2.45 bits per heavy atom. The van der Waals surface area contributed by atoms with Crippen LogP contribution in [0.2, 0.25) is 0 Å². The number of ether oxygens (including phenoxy) is 1. The van der Waals surface area contributed by atoms with Crippen molar-refractivity contribution >= 4 is 5.91 Å². The predicted octanol–water partition coefficient (Wildman–Crippen LogP) is 4.74. The molecule has 1 amide bonds. The maximum atomic E-state index is 13.2. The molecule has 1 spiro atoms. The van der Waals surface area contributed by atoms with Crippen LogP contribution in [0, 0.1) is 5.82 Å². The van der Waals surface area contributed by atoms with Crippen molar-refractivity contribution in [2.45, 2.75) is 56.6 Å². The summed E-state index contributed by atoms with van der Waals surface area (Å²) in [6.07, 6.45) is 5.66.